The molecule has 0 fully saturated rings. The normalized spacial score (nSPS) is 13.9. The molecule has 0 aromatic heterocycles. The van der Waals surface area contributed by atoms with E-state index < -0.39 is 0 Å². The molecule has 12 heavy (non-hydrogen) atoms. The van der Waals surface area contributed by atoms with Crippen molar-refractivity contribution in [1.29, 1.82) is 0 Å². The summed E-state index contributed by atoms with van der Waals surface area (Å²) in [7, 11) is 0. The molecule has 0 N–H and O–H groups in total. The number of fused-ring (bicyclic) bond motifs is 1. The van der Waals surface area contributed by atoms with Gasteiger partial charge < -0.3 is 0 Å². The fourth-order valence-corrected chi connectivity index (χ4v) is 1.79. The van der Waals surface area contributed by atoms with Crippen LogP contribution in [0.25, 0.3) is 0 Å². The molecular weight excluding hydrogens is 144 g/mol. The van der Waals surface area contributed by atoms with E-state index in [2.05, 4.69) is 30.5 Å². The van der Waals surface area contributed by atoms with Crippen molar-refractivity contribution in [3.8, 4) is 12.3 Å². The van der Waals surface area contributed by atoms with Crippen LogP contribution in [0.4, 0.5) is 0 Å². The summed E-state index contributed by atoms with van der Waals surface area (Å²) >= 11 is 0. The van der Waals surface area contributed by atoms with Crippen LogP contribution in [0.15, 0.2) is 18.2 Å². The third kappa shape index (κ3) is 1.12. The summed E-state index contributed by atoms with van der Waals surface area (Å²) in [5.41, 5.74) is 4.27. The maximum Gasteiger partial charge on any atom is 0.0340 e. The lowest BCUT2D eigenvalue weighted by Crippen LogP contribution is -1.90. The third-order valence-corrected chi connectivity index (χ3v) is 2.38. The predicted octanol–water partition coefficient (Wildman–Crippen LogP) is 2.17. The SMILES string of the molecule is C#CCc1cccc2c1C[CH]C2. The monoisotopic (exact) mass is 155 g/mol. The maximum atomic E-state index is 5.29. The minimum atomic E-state index is 0.775. The Morgan fingerprint density at radius 2 is 2.25 bits per heavy atom. The fourth-order valence-electron chi connectivity index (χ4n) is 1.79. The summed E-state index contributed by atoms with van der Waals surface area (Å²) in [6.07, 6.45) is 10.6. The van der Waals surface area contributed by atoms with Gasteiger partial charge in [-0.05, 0) is 36.0 Å². The number of rotatable bonds is 1. The van der Waals surface area contributed by atoms with E-state index in [1.165, 1.54) is 16.7 Å². The van der Waals surface area contributed by atoms with Crippen LogP contribution in [-0.2, 0) is 19.3 Å². The van der Waals surface area contributed by atoms with E-state index in [-0.39, 0.29) is 0 Å². The van der Waals surface area contributed by atoms with Crippen LogP contribution >= 0.6 is 0 Å². The van der Waals surface area contributed by atoms with Crippen molar-refractivity contribution in [2.24, 2.45) is 0 Å². The summed E-state index contributed by atoms with van der Waals surface area (Å²) in [5.74, 6) is 2.70. The molecule has 0 saturated heterocycles. The van der Waals surface area contributed by atoms with Crippen molar-refractivity contribution < 1.29 is 0 Å². The van der Waals surface area contributed by atoms with Crippen LogP contribution in [0.5, 0.6) is 0 Å². The quantitative estimate of drug-likeness (QED) is 0.545. The average Bonchev–Trinajstić information content (AvgIpc) is 2.53. The number of benzene rings is 1. The van der Waals surface area contributed by atoms with Gasteiger partial charge in [-0.2, -0.15) is 0 Å². The Bertz CT molecular complexity index is 328. The minimum absolute atomic E-state index is 0.775. The Kier molecular flexibility index (Phi) is 1.87. The highest BCUT2D eigenvalue weighted by atomic mass is 14.2. The summed E-state index contributed by atoms with van der Waals surface area (Å²) in [4.78, 5) is 0. The molecule has 0 saturated carbocycles. The van der Waals surface area contributed by atoms with Gasteiger partial charge in [0.15, 0.2) is 0 Å². The zero-order valence-electron chi connectivity index (χ0n) is 7.01. The van der Waals surface area contributed by atoms with Crippen molar-refractivity contribution in [2.45, 2.75) is 19.3 Å². The van der Waals surface area contributed by atoms with Gasteiger partial charge in [0.25, 0.3) is 0 Å². The van der Waals surface area contributed by atoms with E-state index in [1.54, 1.807) is 0 Å². The van der Waals surface area contributed by atoms with Gasteiger partial charge in [0.1, 0.15) is 0 Å². The molecule has 1 aliphatic carbocycles. The van der Waals surface area contributed by atoms with Gasteiger partial charge in [0, 0.05) is 6.42 Å². The first kappa shape index (κ1) is 7.43. The van der Waals surface area contributed by atoms with Crippen LogP contribution in [0.2, 0.25) is 0 Å². The Balaban J connectivity index is 2.44. The van der Waals surface area contributed by atoms with Crippen LogP contribution in [0.3, 0.4) is 0 Å². The number of terminal acetylenes is 1. The maximum absolute atomic E-state index is 5.29. The van der Waals surface area contributed by atoms with Crippen molar-refractivity contribution in [3.05, 3.63) is 41.3 Å². The highest BCUT2D eigenvalue weighted by molar-refractivity contribution is 5.42. The van der Waals surface area contributed by atoms with Crippen molar-refractivity contribution in [2.75, 3.05) is 0 Å². The Morgan fingerprint density at radius 1 is 1.33 bits per heavy atom. The second-order valence-electron chi connectivity index (χ2n) is 3.13. The van der Waals surface area contributed by atoms with E-state index in [1.807, 2.05) is 0 Å². The standard InChI is InChI=1S/C12H11/c1-2-5-10-6-3-7-11-8-4-9-12(10)11/h1,3-4,6-7H,5,8-9H2. The van der Waals surface area contributed by atoms with Crippen LogP contribution in [-0.4, -0.2) is 0 Å². The van der Waals surface area contributed by atoms with Gasteiger partial charge in [-0.1, -0.05) is 18.2 Å². The molecule has 59 valence electrons. The van der Waals surface area contributed by atoms with Gasteiger partial charge in [0.05, 0.1) is 0 Å². The van der Waals surface area contributed by atoms with Crippen LogP contribution in [0, 0.1) is 18.8 Å². The molecule has 0 nitrogen and oxygen atoms in total. The van der Waals surface area contributed by atoms with Crippen LogP contribution in [0.1, 0.15) is 16.7 Å². The second-order valence-corrected chi connectivity index (χ2v) is 3.13. The molecule has 0 spiro atoms. The van der Waals surface area contributed by atoms with Crippen molar-refractivity contribution >= 4 is 0 Å². The highest BCUT2D eigenvalue weighted by Crippen LogP contribution is 2.24. The van der Waals surface area contributed by atoms with E-state index in [4.69, 9.17) is 6.42 Å². The van der Waals surface area contributed by atoms with Gasteiger partial charge in [-0.15, -0.1) is 12.3 Å². The molecule has 1 aliphatic rings. The van der Waals surface area contributed by atoms with E-state index >= 15 is 0 Å². The van der Waals surface area contributed by atoms with E-state index in [0.29, 0.717) is 0 Å². The molecule has 0 bridgehead atoms. The summed E-state index contributed by atoms with van der Waals surface area (Å²) in [5, 5.41) is 0. The molecule has 2 rings (SSSR count). The third-order valence-electron chi connectivity index (χ3n) is 2.38. The Labute approximate surface area is 73.6 Å². The van der Waals surface area contributed by atoms with Gasteiger partial charge in [-0.25, -0.2) is 0 Å². The Morgan fingerprint density at radius 3 is 3.08 bits per heavy atom. The molecule has 0 heterocycles. The molecule has 0 amide bonds. The second kappa shape index (κ2) is 3.03. The molecule has 0 atom stereocenters. The average molecular weight is 155 g/mol. The lowest BCUT2D eigenvalue weighted by atomic mass is 10.0. The zero-order chi connectivity index (χ0) is 8.39. The lowest BCUT2D eigenvalue weighted by molar-refractivity contribution is 1.15. The molecule has 1 radical (unpaired) electrons. The Hall–Kier alpha value is -1.22. The highest BCUT2D eigenvalue weighted by Gasteiger charge is 2.12. The van der Waals surface area contributed by atoms with Crippen molar-refractivity contribution in [1.82, 2.24) is 0 Å². The molecule has 1 aromatic carbocycles. The fraction of sp³-hybridized carbons (Fsp3) is 0.250. The van der Waals surface area contributed by atoms with Crippen LogP contribution < -0.4 is 0 Å². The lowest BCUT2D eigenvalue weighted by Gasteiger charge is -2.03. The smallest absolute Gasteiger partial charge is 0.0340 e. The van der Waals surface area contributed by atoms with Gasteiger partial charge >= 0.3 is 0 Å². The number of hydrogen-bond donors (Lipinski definition) is 0. The van der Waals surface area contributed by atoms with Gasteiger partial charge in [0.2, 0.25) is 0 Å². The topological polar surface area (TPSA) is 0 Å². The zero-order valence-corrected chi connectivity index (χ0v) is 7.01. The van der Waals surface area contributed by atoms with E-state index in [9.17, 15) is 0 Å². The molecule has 0 aliphatic heterocycles. The summed E-state index contributed by atoms with van der Waals surface area (Å²) < 4.78 is 0. The number of hydrogen-bond acceptors (Lipinski definition) is 0. The van der Waals surface area contributed by atoms with E-state index in [0.717, 1.165) is 19.3 Å². The predicted molar refractivity (Wildman–Crippen MR) is 50.7 cm³/mol. The summed E-state index contributed by atoms with van der Waals surface area (Å²) in [6.45, 7) is 0. The molecule has 0 unspecified atom stereocenters. The largest absolute Gasteiger partial charge is 0.120 e. The first-order chi connectivity index (χ1) is 5.92. The minimum Gasteiger partial charge on any atom is -0.120 e. The first-order valence-corrected chi connectivity index (χ1v) is 4.26. The molecule has 1 aromatic rings. The molecular formula is C12H11. The van der Waals surface area contributed by atoms with Gasteiger partial charge in [-0.3, -0.25) is 0 Å². The first-order valence-electron chi connectivity index (χ1n) is 4.26. The van der Waals surface area contributed by atoms with Crippen molar-refractivity contribution in [3.63, 3.8) is 0 Å². The molecule has 0 heteroatoms. The summed E-state index contributed by atoms with van der Waals surface area (Å²) in [6, 6.07) is 6.43.